The van der Waals surface area contributed by atoms with Crippen LogP contribution in [0.4, 0.5) is 17.1 Å². The van der Waals surface area contributed by atoms with Crippen LogP contribution in [-0.4, -0.2) is 4.98 Å². The number of aromatic nitrogens is 1. The molecule has 0 aliphatic heterocycles. The molecule has 0 bridgehead atoms. The lowest BCUT2D eigenvalue weighted by Gasteiger charge is -2.26. The van der Waals surface area contributed by atoms with Crippen molar-refractivity contribution in [3.63, 3.8) is 0 Å². The number of rotatable bonds is 5. The van der Waals surface area contributed by atoms with Crippen LogP contribution < -0.4 is 4.90 Å². The Labute approximate surface area is 282 Å². The summed E-state index contributed by atoms with van der Waals surface area (Å²) in [5.41, 5.74) is 9.54. The number of benzene rings is 8. The Morgan fingerprint density at radius 2 is 0.980 bits per heavy atom. The predicted molar refractivity (Wildman–Crippen MR) is 202 cm³/mol. The van der Waals surface area contributed by atoms with Crippen LogP contribution in [-0.2, 0) is 0 Å². The average Bonchev–Trinajstić information content (AvgIpc) is 3.75. The Bertz CT molecular complexity index is 2820. The van der Waals surface area contributed by atoms with Crippen molar-refractivity contribution in [3.05, 3.63) is 170 Å². The van der Waals surface area contributed by atoms with Crippen molar-refractivity contribution in [2.45, 2.75) is 0 Å². The lowest BCUT2D eigenvalue weighted by Crippen LogP contribution is -2.09. The Morgan fingerprint density at radius 3 is 1.80 bits per heavy atom. The van der Waals surface area contributed by atoms with E-state index in [0.29, 0.717) is 11.5 Å². The van der Waals surface area contributed by atoms with Gasteiger partial charge in [0.15, 0.2) is 5.58 Å². The fourth-order valence-electron chi connectivity index (χ4n) is 7.05. The van der Waals surface area contributed by atoms with Gasteiger partial charge in [-0.3, -0.25) is 0 Å². The minimum absolute atomic E-state index is 0.604. The first-order chi connectivity index (χ1) is 24.2. The van der Waals surface area contributed by atoms with Crippen molar-refractivity contribution in [3.8, 4) is 22.6 Å². The van der Waals surface area contributed by atoms with E-state index in [9.17, 15) is 0 Å². The second-order valence-electron chi connectivity index (χ2n) is 12.4. The molecule has 2 aromatic heterocycles. The van der Waals surface area contributed by atoms with Crippen molar-refractivity contribution < 1.29 is 8.83 Å². The van der Waals surface area contributed by atoms with E-state index in [-0.39, 0.29) is 0 Å². The number of anilines is 3. The Morgan fingerprint density at radius 1 is 0.367 bits per heavy atom. The third-order valence-electron chi connectivity index (χ3n) is 9.46. The smallest absolute Gasteiger partial charge is 0.227 e. The van der Waals surface area contributed by atoms with E-state index in [2.05, 4.69) is 132 Å². The number of nitrogens with zero attached hydrogens (tertiary/aromatic N) is 2. The molecule has 0 spiro atoms. The summed E-state index contributed by atoms with van der Waals surface area (Å²) in [6, 6.07) is 59.4. The fraction of sp³-hybridized carbons (Fsp3) is 0. The van der Waals surface area contributed by atoms with Crippen molar-refractivity contribution in [2.24, 2.45) is 0 Å². The van der Waals surface area contributed by atoms with Crippen molar-refractivity contribution >= 4 is 71.6 Å². The molecular formula is C45H28N2O2. The largest absolute Gasteiger partial charge is 0.456 e. The van der Waals surface area contributed by atoms with Crippen LogP contribution in [0.25, 0.3) is 77.2 Å². The van der Waals surface area contributed by atoms with Crippen LogP contribution in [0.2, 0.25) is 0 Å². The summed E-state index contributed by atoms with van der Waals surface area (Å²) in [6.07, 6.45) is 0. The quantitative estimate of drug-likeness (QED) is 0.178. The van der Waals surface area contributed by atoms with Gasteiger partial charge in [0.2, 0.25) is 5.89 Å². The SMILES string of the molecule is c1ccc(-c2ccc(N(c3ccc4c(ccc5ccccc54)c3)c3ccc4c(c3)oc3cc5oc(-c6ccccc6)nc5cc34)cc2)cc1. The van der Waals surface area contributed by atoms with Gasteiger partial charge in [0.1, 0.15) is 16.7 Å². The molecule has 49 heavy (non-hydrogen) atoms. The monoisotopic (exact) mass is 628 g/mol. The maximum atomic E-state index is 6.52. The van der Waals surface area contributed by atoms with Gasteiger partial charge in [-0.15, -0.1) is 0 Å². The molecule has 0 fully saturated rings. The Hall–Kier alpha value is -6.65. The fourth-order valence-corrected chi connectivity index (χ4v) is 7.05. The van der Waals surface area contributed by atoms with Crippen molar-refractivity contribution in [1.29, 1.82) is 0 Å². The highest BCUT2D eigenvalue weighted by Crippen LogP contribution is 2.41. The molecule has 10 aromatic rings. The normalized spacial score (nSPS) is 11.7. The van der Waals surface area contributed by atoms with E-state index in [1.54, 1.807) is 0 Å². The summed E-state index contributed by atoms with van der Waals surface area (Å²) in [5.74, 6) is 0.604. The standard InChI is InChI=1S/C45H28N2O2/c1-3-9-29(10-4-1)30-17-19-34(20-18-30)47(35-21-23-38-33(25-35)16-15-31-11-7-8-14-37(31)38)36-22-24-39-40-27-41-44(28-43(40)48-42(39)26-36)49-45(46-41)32-12-5-2-6-13-32/h1-28H. The molecule has 4 nitrogen and oxygen atoms in total. The van der Waals surface area contributed by atoms with E-state index >= 15 is 0 Å². The molecular weight excluding hydrogens is 601 g/mol. The lowest BCUT2D eigenvalue weighted by atomic mass is 10.0. The third kappa shape index (κ3) is 4.65. The summed E-state index contributed by atoms with van der Waals surface area (Å²) in [6.45, 7) is 0. The second-order valence-corrected chi connectivity index (χ2v) is 12.4. The summed E-state index contributed by atoms with van der Waals surface area (Å²) in [7, 11) is 0. The molecule has 0 amide bonds. The number of fused-ring (bicyclic) bond motifs is 7. The first-order valence-electron chi connectivity index (χ1n) is 16.4. The molecule has 0 N–H and O–H groups in total. The van der Waals surface area contributed by atoms with Gasteiger partial charge in [0.05, 0.1) is 0 Å². The van der Waals surface area contributed by atoms with Gasteiger partial charge < -0.3 is 13.7 Å². The lowest BCUT2D eigenvalue weighted by molar-refractivity contribution is 0.617. The minimum Gasteiger partial charge on any atom is -0.456 e. The number of oxazole rings is 1. The summed E-state index contributed by atoms with van der Waals surface area (Å²) >= 11 is 0. The van der Waals surface area contributed by atoms with E-state index < -0.39 is 0 Å². The Balaban J connectivity index is 1.11. The zero-order valence-corrected chi connectivity index (χ0v) is 26.4. The number of hydrogen-bond donors (Lipinski definition) is 0. The predicted octanol–water partition coefficient (Wildman–Crippen LogP) is 12.8. The van der Waals surface area contributed by atoms with E-state index in [4.69, 9.17) is 13.8 Å². The molecule has 0 saturated carbocycles. The molecule has 0 aliphatic carbocycles. The van der Waals surface area contributed by atoms with Gasteiger partial charge in [-0.05, 0) is 87.3 Å². The highest BCUT2D eigenvalue weighted by Gasteiger charge is 2.18. The molecule has 8 aromatic carbocycles. The van der Waals surface area contributed by atoms with Crippen LogP contribution in [0.3, 0.4) is 0 Å². The van der Waals surface area contributed by atoms with E-state index in [1.165, 1.54) is 32.7 Å². The van der Waals surface area contributed by atoms with Crippen LogP contribution in [0.1, 0.15) is 0 Å². The van der Waals surface area contributed by atoms with Crippen LogP contribution in [0, 0.1) is 0 Å². The van der Waals surface area contributed by atoms with E-state index in [0.717, 1.165) is 50.1 Å². The van der Waals surface area contributed by atoms with Gasteiger partial charge in [-0.25, -0.2) is 4.98 Å². The zero-order chi connectivity index (χ0) is 32.3. The van der Waals surface area contributed by atoms with Gasteiger partial charge in [0.25, 0.3) is 0 Å². The summed E-state index contributed by atoms with van der Waals surface area (Å²) < 4.78 is 12.7. The maximum Gasteiger partial charge on any atom is 0.227 e. The Kier molecular flexibility index (Phi) is 6.15. The van der Waals surface area contributed by atoms with Crippen LogP contribution in [0.15, 0.2) is 179 Å². The summed E-state index contributed by atoms with van der Waals surface area (Å²) in [5, 5.41) is 6.97. The first kappa shape index (κ1) is 27.5. The average molecular weight is 629 g/mol. The van der Waals surface area contributed by atoms with E-state index in [1.807, 2.05) is 42.5 Å². The molecule has 0 unspecified atom stereocenters. The van der Waals surface area contributed by atoms with Crippen molar-refractivity contribution in [2.75, 3.05) is 4.90 Å². The second kappa shape index (κ2) is 11.0. The molecule has 10 rings (SSSR count). The summed E-state index contributed by atoms with van der Waals surface area (Å²) in [4.78, 5) is 7.10. The van der Waals surface area contributed by atoms with Crippen LogP contribution in [0.5, 0.6) is 0 Å². The topological polar surface area (TPSA) is 42.4 Å². The molecule has 0 radical (unpaired) electrons. The molecule has 0 saturated heterocycles. The molecule has 4 heteroatoms. The number of hydrogen-bond acceptors (Lipinski definition) is 4. The molecule has 2 heterocycles. The maximum absolute atomic E-state index is 6.52. The molecule has 0 aliphatic rings. The zero-order valence-electron chi connectivity index (χ0n) is 26.4. The van der Waals surface area contributed by atoms with Gasteiger partial charge in [0, 0.05) is 45.5 Å². The number of furan rings is 1. The van der Waals surface area contributed by atoms with Gasteiger partial charge in [-0.1, -0.05) is 103 Å². The first-order valence-corrected chi connectivity index (χ1v) is 16.4. The molecule has 230 valence electrons. The third-order valence-corrected chi connectivity index (χ3v) is 9.46. The highest BCUT2D eigenvalue weighted by molar-refractivity contribution is 6.11. The van der Waals surface area contributed by atoms with Gasteiger partial charge in [-0.2, -0.15) is 0 Å². The van der Waals surface area contributed by atoms with Gasteiger partial charge >= 0.3 is 0 Å². The minimum atomic E-state index is 0.604. The van der Waals surface area contributed by atoms with Crippen molar-refractivity contribution in [1.82, 2.24) is 4.98 Å². The van der Waals surface area contributed by atoms with Crippen LogP contribution >= 0.6 is 0 Å². The molecule has 0 atom stereocenters. The highest BCUT2D eigenvalue weighted by atomic mass is 16.4.